The molecule has 1 unspecified atom stereocenters. The molecule has 1 atom stereocenters. The van der Waals surface area contributed by atoms with Gasteiger partial charge in [0.05, 0.1) is 13.0 Å². The summed E-state index contributed by atoms with van der Waals surface area (Å²) in [6, 6.07) is 7.15. The number of hydrogen-bond donors (Lipinski definition) is 1. The first-order valence-corrected chi connectivity index (χ1v) is 6.59. The molecule has 0 radical (unpaired) electrons. The molecule has 1 saturated heterocycles. The molecule has 5 nitrogen and oxygen atoms in total. The molecule has 3 rings (SSSR count). The van der Waals surface area contributed by atoms with Crippen molar-refractivity contribution in [2.24, 2.45) is 5.92 Å². The lowest BCUT2D eigenvalue weighted by Crippen LogP contribution is -2.24. The number of aromatic nitrogens is 1. The van der Waals surface area contributed by atoms with Gasteiger partial charge in [0.1, 0.15) is 11.6 Å². The molecule has 1 aromatic heterocycles. The Morgan fingerprint density at radius 2 is 2.30 bits per heavy atom. The van der Waals surface area contributed by atoms with Crippen LogP contribution >= 0.6 is 0 Å². The number of fused-ring (bicyclic) bond motifs is 1. The fourth-order valence-corrected chi connectivity index (χ4v) is 2.70. The summed E-state index contributed by atoms with van der Waals surface area (Å²) in [6.45, 7) is 1.37. The Hall–Kier alpha value is -2.30. The molecule has 1 aliphatic heterocycles. The number of carbonyl (C=O) groups is 1. The fraction of sp³-hybridized carbons (Fsp3) is 0.333. The molecule has 1 aliphatic rings. The first kappa shape index (κ1) is 12.7. The number of carbonyl (C=O) groups excluding carboxylic acids is 1. The summed E-state index contributed by atoms with van der Waals surface area (Å²) < 4.78 is 4.80. The number of anilines is 1. The molecule has 5 heteroatoms. The van der Waals surface area contributed by atoms with Crippen LogP contribution < -0.4 is 4.90 Å². The minimum absolute atomic E-state index is 0.102. The summed E-state index contributed by atoms with van der Waals surface area (Å²) in [5.74, 6) is 0.755. The summed E-state index contributed by atoms with van der Waals surface area (Å²) >= 11 is 0. The highest BCUT2D eigenvalue weighted by Crippen LogP contribution is 2.31. The third-order valence-electron chi connectivity index (χ3n) is 3.75. The molecule has 20 heavy (non-hydrogen) atoms. The maximum atomic E-state index is 11.6. The van der Waals surface area contributed by atoms with Gasteiger partial charge in [-0.3, -0.25) is 4.79 Å². The smallest absolute Gasteiger partial charge is 0.310 e. The van der Waals surface area contributed by atoms with E-state index in [0.29, 0.717) is 6.54 Å². The second-order valence-electron chi connectivity index (χ2n) is 4.99. The van der Waals surface area contributed by atoms with Gasteiger partial charge in [-0.25, -0.2) is 4.98 Å². The van der Waals surface area contributed by atoms with E-state index < -0.39 is 0 Å². The van der Waals surface area contributed by atoms with Crippen molar-refractivity contribution in [1.82, 2.24) is 4.98 Å². The highest BCUT2D eigenvalue weighted by Gasteiger charge is 2.30. The average molecular weight is 272 g/mol. The van der Waals surface area contributed by atoms with Crippen molar-refractivity contribution in [1.29, 1.82) is 0 Å². The molecule has 1 N–H and O–H groups in total. The molecule has 1 aromatic carbocycles. The minimum Gasteiger partial charge on any atom is -0.508 e. The first-order valence-electron chi connectivity index (χ1n) is 6.59. The zero-order valence-electron chi connectivity index (χ0n) is 11.2. The van der Waals surface area contributed by atoms with E-state index in [0.717, 1.165) is 29.6 Å². The van der Waals surface area contributed by atoms with Gasteiger partial charge in [-0.05, 0) is 30.0 Å². The molecule has 0 bridgehead atoms. The number of aromatic hydroxyl groups is 1. The van der Waals surface area contributed by atoms with E-state index in [4.69, 9.17) is 4.74 Å². The van der Waals surface area contributed by atoms with Gasteiger partial charge in [0.25, 0.3) is 0 Å². The van der Waals surface area contributed by atoms with Crippen LogP contribution in [0.3, 0.4) is 0 Å². The summed E-state index contributed by atoms with van der Waals surface area (Å²) in [4.78, 5) is 18.1. The van der Waals surface area contributed by atoms with Gasteiger partial charge in [0.2, 0.25) is 0 Å². The molecule has 0 amide bonds. The van der Waals surface area contributed by atoms with Gasteiger partial charge in [-0.15, -0.1) is 0 Å². The van der Waals surface area contributed by atoms with Crippen molar-refractivity contribution in [3.8, 4) is 5.75 Å². The van der Waals surface area contributed by atoms with Crippen molar-refractivity contribution < 1.29 is 14.6 Å². The normalized spacial score (nSPS) is 18.4. The summed E-state index contributed by atoms with van der Waals surface area (Å²) in [5.41, 5.74) is 0. The first-order chi connectivity index (χ1) is 9.69. The lowest BCUT2D eigenvalue weighted by atomic mass is 10.1. The van der Waals surface area contributed by atoms with Gasteiger partial charge in [0.15, 0.2) is 0 Å². The average Bonchev–Trinajstić information content (AvgIpc) is 2.95. The number of pyridine rings is 1. The van der Waals surface area contributed by atoms with Crippen LogP contribution in [0.2, 0.25) is 0 Å². The Bertz CT molecular complexity index is 657. The van der Waals surface area contributed by atoms with E-state index in [2.05, 4.69) is 9.88 Å². The van der Waals surface area contributed by atoms with Crippen molar-refractivity contribution in [2.45, 2.75) is 6.42 Å². The third-order valence-corrected chi connectivity index (χ3v) is 3.75. The van der Waals surface area contributed by atoms with E-state index in [-0.39, 0.29) is 17.6 Å². The van der Waals surface area contributed by atoms with Crippen LogP contribution in [0.5, 0.6) is 5.75 Å². The van der Waals surface area contributed by atoms with Crippen LogP contribution in [0, 0.1) is 5.92 Å². The summed E-state index contributed by atoms with van der Waals surface area (Å²) in [6.07, 6.45) is 2.52. The van der Waals surface area contributed by atoms with E-state index in [1.54, 1.807) is 18.3 Å². The Kier molecular flexibility index (Phi) is 3.18. The Morgan fingerprint density at radius 3 is 3.10 bits per heavy atom. The van der Waals surface area contributed by atoms with Crippen molar-refractivity contribution in [2.75, 3.05) is 25.1 Å². The number of ether oxygens (including phenoxy) is 1. The molecular formula is C15H16N2O3. The highest BCUT2D eigenvalue weighted by atomic mass is 16.5. The van der Waals surface area contributed by atoms with Gasteiger partial charge in [-0.2, -0.15) is 0 Å². The maximum Gasteiger partial charge on any atom is 0.310 e. The Labute approximate surface area is 116 Å². The number of rotatable bonds is 2. The van der Waals surface area contributed by atoms with E-state index in [9.17, 15) is 9.90 Å². The maximum absolute atomic E-state index is 11.6. The molecule has 0 saturated carbocycles. The van der Waals surface area contributed by atoms with Crippen molar-refractivity contribution in [3.63, 3.8) is 0 Å². The monoisotopic (exact) mass is 272 g/mol. The number of benzene rings is 1. The zero-order chi connectivity index (χ0) is 14.1. The fourth-order valence-electron chi connectivity index (χ4n) is 2.70. The number of hydrogen-bond acceptors (Lipinski definition) is 5. The highest BCUT2D eigenvalue weighted by molar-refractivity contribution is 5.93. The topological polar surface area (TPSA) is 62.7 Å². The van der Waals surface area contributed by atoms with E-state index in [1.165, 1.54) is 7.11 Å². The van der Waals surface area contributed by atoms with Gasteiger partial charge in [0, 0.05) is 24.7 Å². The number of phenolic OH excluding ortho intramolecular Hbond substituents is 1. The molecule has 2 aromatic rings. The number of methoxy groups -OCH3 is 1. The second-order valence-corrected chi connectivity index (χ2v) is 4.99. The number of esters is 1. The zero-order valence-corrected chi connectivity index (χ0v) is 11.2. The van der Waals surface area contributed by atoms with E-state index >= 15 is 0 Å². The van der Waals surface area contributed by atoms with Gasteiger partial charge < -0.3 is 14.7 Å². The lowest BCUT2D eigenvalue weighted by Gasteiger charge is -2.19. The van der Waals surface area contributed by atoms with Gasteiger partial charge in [-0.1, -0.05) is 6.07 Å². The third kappa shape index (κ3) is 2.15. The van der Waals surface area contributed by atoms with Crippen LogP contribution in [0.1, 0.15) is 6.42 Å². The van der Waals surface area contributed by atoms with Crippen molar-refractivity contribution in [3.05, 3.63) is 30.5 Å². The minimum atomic E-state index is -0.171. The number of nitrogens with zero attached hydrogens (tertiary/aromatic N) is 2. The van der Waals surface area contributed by atoms with Crippen LogP contribution in [0.15, 0.2) is 30.5 Å². The predicted octanol–water partition coefficient (Wildman–Crippen LogP) is 1.94. The molecule has 1 fully saturated rings. The Balaban J connectivity index is 1.95. The van der Waals surface area contributed by atoms with Crippen LogP contribution in [-0.4, -0.2) is 36.3 Å². The molecular weight excluding hydrogens is 256 g/mol. The number of phenols is 1. The van der Waals surface area contributed by atoms with Gasteiger partial charge >= 0.3 is 5.97 Å². The lowest BCUT2D eigenvalue weighted by molar-refractivity contribution is -0.144. The standard InChI is InChI=1S/C15H16N2O3/c1-20-15(19)11-5-7-17(9-11)14-13-8-12(18)3-2-10(13)4-6-16-14/h2-4,6,8,11,18H,5,7,9H2,1H3. The largest absolute Gasteiger partial charge is 0.508 e. The molecule has 0 spiro atoms. The quantitative estimate of drug-likeness (QED) is 0.846. The van der Waals surface area contributed by atoms with Crippen molar-refractivity contribution >= 4 is 22.6 Å². The van der Waals surface area contributed by atoms with Crippen LogP contribution in [0.25, 0.3) is 10.8 Å². The van der Waals surface area contributed by atoms with Crippen LogP contribution in [0.4, 0.5) is 5.82 Å². The predicted molar refractivity (Wildman–Crippen MR) is 75.7 cm³/mol. The van der Waals surface area contributed by atoms with Crippen LogP contribution in [-0.2, 0) is 9.53 Å². The summed E-state index contributed by atoms with van der Waals surface area (Å²) in [5, 5.41) is 11.6. The molecule has 104 valence electrons. The Morgan fingerprint density at radius 1 is 1.45 bits per heavy atom. The molecule has 2 heterocycles. The molecule has 0 aliphatic carbocycles. The second kappa shape index (κ2) is 5.00. The van der Waals surface area contributed by atoms with E-state index in [1.807, 2.05) is 12.1 Å². The summed E-state index contributed by atoms with van der Waals surface area (Å²) in [7, 11) is 1.42. The SMILES string of the molecule is COC(=O)C1CCN(c2nccc3ccc(O)cc23)C1.